The molecule has 0 fully saturated rings. The zero-order valence-electron chi connectivity index (χ0n) is 14.4. The molecule has 0 aliphatic carbocycles. The summed E-state index contributed by atoms with van der Waals surface area (Å²) in [6.07, 6.45) is 0. The van der Waals surface area contributed by atoms with Gasteiger partial charge in [-0.05, 0) is 48.7 Å². The van der Waals surface area contributed by atoms with E-state index in [4.69, 9.17) is 4.74 Å². The molecule has 0 amide bonds. The summed E-state index contributed by atoms with van der Waals surface area (Å²) >= 11 is 0. The van der Waals surface area contributed by atoms with E-state index in [0.29, 0.717) is 5.56 Å². The van der Waals surface area contributed by atoms with Crippen molar-refractivity contribution in [2.45, 2.75) is 13.8 Å². The summed E-state index contributed by atoms with van der Waals surface area (Å²) in [6, 6.07) is 10.8. The van der Waals surface area contributed by atoms with Crippen molar-refractivity contribution in [3.8, 4) is 16.9 Å². The molecule has 3 aromatic rings. The molecule has 0 unspecified atom stereocenters. The minimum absolute atomic E-state index is 0.0460. The lowest BCUT2D eigenvalue weighted by atomic mass is 10.0. The zero-order valence-corrected chi connectivity index (χ0v) is 14.4. The van der Waals surface area contributed by atoms with Gasteiger partial charge in [-0.2, -0.15) is 4.39 Å². The second-order valence-corrected chi connectivity index (χ2v) is 6.03. The van der Waals surface area contributed by atoms with E-state index in [1.165, 1.54) is 56.3 Å². The molecule has 0 aliphatic rings. The third kappa shape index (κ3) is 3.56. The molecule has 27 heavy (non-hydrogen) atoms. The van der Waals surface area contributed by atoms with E-state index in [0.717, 1.165) is 6.07 Å². The van der Waals surface area contributed by atoms with Crippen LogP contribution in [0.15, 0.2) is 48.5 Å². The van der Waals surface area contributed by atoms with E-state index >= 15 is 0 Å². The minimum atomic E-state index is -1.25. The summed E-state index contributed by atoms with van der Waals surface area (Å²) in [5.74, 6) is -5.70. The number of halogens is 4. The Balaban J connectivity index is 1.85. The lowest BCUT2D eigenvalue weighted by Gasteiger charge is -2.09. The average Bonchev–Trinajstić information content (AvgIpc) is 2.67. The Morgan fingerprint density at radius 2 is 1.26 bits per heavy atom. The Morgan fingerprint density at radius 1 is 0.704 bits per heavy atom. The lowest BCUT2D eigenvalue weighted by molar-refractivity contribution is 0.0726. The third-order valence-corrected chi connectivity index (χ3v) is 4.15. The first kappa shape index (κ1) is 18.6. The summed E-state index contributed by atoms with van der Waals surface area (Å²) in [5.41, 5.74) is 0.722. The van der Waals surface area contributed by atoms with Crippen LogP contribution >= 0.6 is 0 Å². The van der Waals surface area contributed by atoms with Crippen molar-refractivity contribution in [3.63, 3.8) is 0 Å². The van der Waals surface area contributed by atoms with Crippen LogP contribution in [-0.4, -0.2) is 5.97 Å². The highest BCUT2D eigenvalue weighted by Gasteiger charge is 2.17. The third-order valence-electron chi connectivity index (χ3n) is 4.15. The average molecular weight is 374 g/mol. The van der Waals surface area contributed by atoms with E-state index in [1.807, 2.05) is 0 Å². The zero-order chi connectivity index (χ0) is 19.7. The van der Waals surface area contributed by atoms with Gasteiger partial charge in [0, 0.05) is 5.56 Å². The maximum absolute atomic E-state index is 14.1. The van der Waals surface area contributed by atoms with Crippen molar-refractivity contribution < 1.29 is 27.1 Å². The molecule has 2 nitrogen and oxygen atoms in total. The number of aryl methyl sites for hydroxylation is 2. The second-order valence-electron chi connectivity index (χ2n) is 6.03. The molecule has 0 aromatic heterocycles. The van der Waals surface area contributed by atoms with Crippen molar-refractivity contribution in [3.05, 3.63) is 88.5 Å². The van der Waals surface area contributed by atoms with Crippen molar-refractivity contribution >= 4 is 5.97 Å². The Labute approximate surface area is 153 Å². The molecule has 0 heterocycles. The largest absolute Gasteiger partial charge is 0.420 e. The summed E-state index contributed by atoms with van der Waals surface area (Å²) < 4.78 is 60.0. The molecule has 0 saturated carbocycles. The minimum Gasteiger partial charge on any atom is -0.420 e. The predicted octanol–water partition coefficient (Wildman–Crippen LogP) is 5.75. The van der Waals surface area contributed by atoms with Gasteiger partial charge < -0.3 is 4.74 Å². The van der Waals surface area contributed by atoms with Crippen LogP contribution in [0.5, 0.6) is 5.75 Å². The van der Waals surface area contributed by atoms with E-state index in [2.05, 4.69) is 0 Å². The predicted molar refractivity (Wildman–Crippen MR) is 92.6 cm³/mol. The van der Waals surface area contributed by atoms with Crippen molar-refractivity contribution in [2.24, 2.45) is 0 Å². The Hall–Kier alpha value is -3.15. The number of ether oxygens (including phenoxy) is 1. The smallest absolute Gasteiger partial charge is 0.343 e. The standard InChI is InChI=1S/C21H14F4O2/c1-11-3-9-15(19(24)17(11)22)13-5-7-14(8-6-13)21(26)27-16-10-4-12(2)18(23)20(16)25/h3-10H,1-2H3. The fourth-order valence-electron chi connectivity index (χ4n) is 2.52. The molecule has 0 saturated heterocycles. The lowest BCUT2D eigenvalue weighted by Crippen LogP contribution is -2.10. The number of carbonyl (C=O) groups is 1. The van der Waals surface area contributed by atoms with Gasteiger partial charge in [0.15, 0.2) is 23.2 Å². The number of hydrogen-bond donors (Lipinski definition) is 0. The number of rotatable bonds is 3. The normalized spacial score (nSPS) is 10.7. The highest BCUT2D eigenvalue weighted by Crippen LogP contribution is 2.27. The molecule has 138 valence electrons. The molecule has 0 N–H and O–H groups in total. The molecule has 3 rings (SSSR count). The van der Waals surface area contributed by atoms with Crippen molar-refractivity contribution in [1.82, 2.24) is 0 Å². The highest BCUT2D eigenvalue weighted by molar-refractivity contribution is 5.91. The molecule has 0 bridgehead atoms. The quantitative estimate of drug-likeness (QED) is 0.332. The number of benzene rings is 3. The fraction of sp³-hybridized carbons (Fsp3) is 0.0952. The van der Waals surface area contributed by atoms with Gasteiger partial charge in [-0.1, -0.05) is 30.3 Å². The molecule has 0 atom stereocenters. The van der Waals surface area contributed by atoms with Gasteiger partial charge >= 0.3 is 5.97 Å². The first-order chi connectivity index (χ1) is 12.8. The molecule has 0 radical (unpaired) electrons. The molecule has 0 aliphatic heterocycles. The molecule has 3 aromatic carbocycles. The maximum Gasteiger partial charge on any atom is 0.343 e. The summed E-state index contributed by atoms with van der Waals surface area (Å²) in [4.78, 5) is 12.1. The van der Waals surface area contributed by atoms with Crippen LogP contribution in [0.1, 0.15) is 21.5 Å². The molecule has 6 heteroatoms. The van der Waals surface area contributed by atoms with Crippen LogP contribution in [0.2, 0.25) is 0 Å². The van der Waals surface area contributed by atoms with Gasteiger partial charge in [0.2, 0.25) is 5.82 Å². The van der Waals surface area contributed by atoms with E-state index in [-0.39, 0.29) is 22.3 Å². The SMILES string of the molecule is Cc1ccc(OC(=O)c2ccc(-c3ccc(C)c(F)c3F)cc2)c(F)c1F. The van der Waals surface area contributed by atoms with Gasteiger partial charge in [-0.25, -0.2) is 18.0 Å². The summed E-state index contributed by atoms with van der Waals surface area (Å²) in [5, 5.41) is 0. The molecular weight excluding hydrogens is 360 g/mol. The number of carbonyl (C=O) groups excluding carboxylic acids is 1. The van der Waals surface area contributed by atoms with E-state index in [1.54, 1.807) is 0 Å². The van der Waals surface area contributed by atoms with Crippen LogP contribution in [-0.2, 0) is 0 Å². The second kappa shape index (κ2) is 7.23. The van der Waals surface area contributed by atoms with Gasteiger partial charge in [0.05, 0.1) is 5.56 Å². The van der Waals surface area contributed by atoms with Gasteiger partial charge in [0.25, 0.3) is 0 Å². The monoisotopic (exact) mass is 374 g/mol. The molecule has 0 spiro atoms. The van der Waals surface area contributed by atoms with Crippen molar-refractivity contribution in [2.75, 3.05) is 0 Å². The Kier molecular flexibility index (Phi) is 4.99. The van der Waals surface area contributed by atoms with Crippen LogP contribution in [0.4, 0.5) is 17.6 Å². The van der Waals surface area contributed by atoms with E-state index in [9.17, 15) is 22.4 Å². The summed E-state index contributed by atoms with van der Waals surface area (Å²) in [6.45, 7) is 2.84. The Bertz CT molecular complexity index is 1030. The van der Waals surface area contributed by atoms with Crippen LogP contribution < -0.4 is 4.74 Å². The topological polar surface area (TPSA) is 26.3 Å². The first-order valence-corrected chi connectivity index (χ1v) is 8.01. The van der Waals surface area contributed by atoms with E-state index < -0.39 is 35.0 Å². The number of esters is 1. The van der Waals surface area contributed by atoms with Crippen LogP contribution in [0.3, 0.4) is 0 Å². The first-order valence-electron chi connectivity index (χ1n) is 8.01. The van der Waals surface area contributed by atoms with Crippen molar-refractivity contribution in [1.29, 1.82) is 0 Å². The van der Waals surface area contributed by atoms with Gasteiger partial charge in [-0.15, -0.1) is 0 Å². The number of hydrogen-bond acceptors (Lipinski definition) is 2. The highest BCUT2D eigenvalue weighted by atomic mass is 19.2. The summed E-state index contributed by atoms with van der Waals surface area (Å²) in [7, 11) is 0. The Morgan fingerprint density at radius 3 is 1.89 bits per heavy atom. The fourth-order valence-corrected chi connectivity index (χ4v) is 2.52. The van der Waals surface area contributed by atoms with Gasteiger partial charge in [0.1, 0.15) is 0 Å². The van der Waals surface area contributed by atoms with Crippen LogP contribution in [0.25, 0.3) is 11.1 Å². The van der Waals surface area contributed by atoms with Crippen LogP contribution in [0, 0.1) is 37.1 Å². The van der Waals surface area contributed by atoms with Gasteiger partial charge in [-0.3, -0.25) is 0 Å². The molecular formula is C21H14F4O2. The maximum atomic E-state index is 14.1.